The molecular formula is C9H12O3. The van der Waals surface area contributed by atoms with E-state index in [0.29, 0.717) is 18.6 Å². The molecule has 66 valence electrons. The van der Waals surface area contributed by atoms with Gasteiger partial charge < -0.3 is 0 Å². The van der Waals surface area contributed by atoms with Crippen LogP contribution in [0.2, 0.25) is 0 Å². The van der Waals surface area contributed by atoms with E-state index < -0.39 is 0 Å². The molecule has 0 unspecified atom stereocenters. The Balaban J connectivity index is 0.000000202. The highest BCUT2D eigenvalue weighted by atomic mass is 16.2. The first kappa shape index (κ1) is 10.8. The van der Waals surface area contributed by atoms with Gasteiger partial charge in [0, 0.05) is 26.7 Å². The number of allylic oxidation sites excluding steroid dienone is 2. The minimum atomic E-state index is -0.380. The molecule has 0 heterocycles. The van der Waals surface area contributed by atoms with Crippen LogP contribution in [-0.4, -0.2) is 17.3 Å². The summed E-state index contributed by atoms with van der Waals surface area (Å²) in [5.41, 5.74) is 0. The molecule has 3 heteroatoms. The second-order valence-corrected chi connectivity index (χ2v) is 2.53. The monoisotopic (exact) mass is 168 g/mol. The maximum atomic E-state index is 10.2. The fraction of sp³-hybridized carbons (Fsp3) is 0.444. The van der Waals surface area contributed by atoms with Gasteiger partial charge >= 0.3 is 0 Å². The van der Waals surface area contributed by atoms with Crippen LogP contribution in [0, 0.1) is 0 Å². The fourth-order valence-corrected chi connectivity index (χ4v) is 0.513. The Bertz CT molecular complexity index is 204. The Labute approximate surface area is 71.5 Å². The van der Waals surface area contributed by atoms with Crippen molar-refractivity contribution in [2.75, 3.05) is 0 Å². The van der Waals surface area contributed by atoms with E-state index in [0.717, 1.165) is 0 Å². The minimum Gasteiger partial charge on any atom is -0.299 e. The van der Waals surface area contributed by atoms with Crippen molar-refractivity contribution < 1.29 is 14.4 Å². The Morgan fingerprint density at radius 1 is 1.08 bits per heavy atom. The van der Waals surface area contributed by atoms with Crippen molar-refractivity contribution in [3.63, 3.8) is 0 Å². The molecule has 0 saturated heterocycles. The molecule has 0 aromatic rings. The van der Waals surface area contributed by atoms with Crippen molar-refractivity contribution in [1.82, 2.24) is 0 Å². The van der Waals surface area contributed by atoms with E-state index in [-0.39, 0.29) is 11.6 Å². The zero-order valence-corrected chi connectivity index (χ0v) is 7.29. The van der Waals surface area contributed by atoms with E-state index in [9.17, 15) is 14.4 Å². The molecule has 0 N–H and O–H groups in total. The number of ketones is 3. The molecular weight excluding hydrogens is 156 g/mol. The van der Waals surface area contributed by atoms with Crippen molar-refractivity contribution in [1.29, 1.82) is 0 Å². The lowest BCUT2D eigenvalue weighted by molar-refractivity contribution is -0.134. The maximum Gasteiger partial charge on any atom is 0.195 e. The molecule has 3 nitrogen and oxygen atoms in total. The molecule has 0 atom stereocenters. The van der Waals surface area contributed by atoms with E-state index in [1.54, 1.807) is 0 Å². The van der Waals surface area contributed by atoms with Crippen LogP contribution >= 0.6 is 0 Å². The molecule has 0 spiro atoms. The van der Waals surface area contributed by atoms with E-state index in [1.807, 2.05) is 12.2 Å². The molecule has 1 rings (SSSR count). The van der Waals surface area contributed by atoms with Crippen molar-refractivity contribution in [3.05, 3.63) is 12.2 Å². The zero-order valence-electron chi connectivity index (χ0n) is 7.29. The number of hydrogen-bond acceptors (Lipinski definition) is 3. The van der Waals surface area contributed by atoms with Crippen LogP contribution in [0.15, 0.2) is 12.2 Å². The summed E-state index contributed by atoms with van der Waals surface area (Å²) >= 11 is 0. The molecule has 1 aliphatic rings. The van der Waals surface area contributed by atoms with Crippen molar-refractivity contribution in [2.24, 2.45) is 0 Å². The van der Waals surface area contributed by atoms with Gasteiger partial charge in [-0.25, -0.2) is 0 Å². The second kappa shape index (κ2) is 5.41. The average molecular weight is 168 g/mol. The van der Waals surface area contributed by atoms with Gasteiger partial charge in [0.25, 0.3) is 0 Å². The normalized spacial score (nSPS) is 13.7. The Morgan fingerprint density at radius 2 is 1.42 bits per heavy atom. The summed E-state index contributed by atoms with van der Waals surface area (Å²) in [5, 5.41) is 0. The first-order valence-corrected chi connectivity index (χ1v) is 3.72. The van der Waals surface area contributed by atoms with Gasteiger partial charge in [-0.3, -0.25) is 14.4 Å². The molecule has 0 radical (unpaired) electrons. The van der Waals surface area contributed by atoms with Crippen LogP contribution in [0.4, 0.5) is 0 Å². The Morgan fingerprint density at radius 3 is 1.50 bits per heavy atom. The molecule has 0 saturated carbocycles. The van der Waals surface area contributed by atoms with Crippen molar-refractivity contribution in [2.45, 2.75) is 26.7 Å². The topological polar surface area (TPSA) is 51.2 Å². The van der Waals surface area contributed by atoms with Crippen molar-refractivity contribution >= 4 is 17.3 Å². The first-order valence-electron chi connectivity index (χ1n) is 3.72. The molecule has 0 fully saturated rings. The predicted octanol–water partition coefficient (Wildman–Crippen LogP) is 1.07. The van der Waals surface area contributed by atoms with E-state index in [4.69, 9.17) is 0 Å². The van der Waals surface area contributed by atoms with Crippen LogP contribution in [0.1, 0.15) is 26.7 Å². The van der Waals surface area contributed by atoms with Gasteiger partial charge in [0.05, 0.1) is 0 Å². The van der Waals surface area contributed by atoms with E-state index in [2.05, 4.69) is 0 Å². The number of Topliss-reactive ketones (excluding diaryl/α,β-unsaturated/α-hetero) is 3. The number of hydrogen-bond donors (Lipinski definition) is 0. The minimum absolute atomic E-state index is 0.343. The third kappa shape index (κ3) is 5.53. The quantitative estimate of drug-likeness (QED) is 0.434. The molecule has 1 aliphatic carbocycles. The highest BCUT2D eigenvalue weighted by Gasteiger charge is 1.99. The summed E-state index contributed by atoms with van der Waals surface area (Å²) in [6, 6.07) is 0. The summed E-state index contributed by atoms with van der Waals surface area (Å²) in [4.78, 5) is 29.8. The number of carbonyl (C=O) groups excluding carboxylic acids is 3. The number of carbonyl (C=O) groups is 3. The van der Waals surface area contributed by atoms with Crippen LogP contribution in [0.25, 0.3) is 0 Å². The molecule has 0 aromatic carbocycles. The zero-order chi connectivity index (χ0) is 9.56. The van der Waals surface area contributed by atoms with E-state index >= 15 is 0 Å². The van der Waals surface area contributed by atoms with Gasteiger partial charge in [0.2, 0.25) is 0 Å². The van der Waals surface area contributed by atoms with Crippen LogP contribution in [-0.2, 0) is 14.4 Å². The van der Waals surface area contributed by atoms with Crippen LogP contribution < -0.4 is 0 Å². The fourth-order valence-electron chi connectivity index (χ4n) is 0.513. The Kier molecular flexibility index (Phi) is 4.84. The Hall–Kier alpha value is -1.25. The summed E-state index contributed by atoms with van der Waals surface area (Å²) in [6.45, 7) is 2.50. The molecule has 0 amide bonds. The highest BCUT2D eigenvalue weighted by molar-refractivity contribution is 6.35. The molecule has 0 bridgehead atoms. The van der Waals surface area contributed by atoms with Gasteiger partial charge in [-0.2, -0.15) is 0 Å². The lowest BCUT2D eigenvalue weighted by Crippen LogP contribution is -2.01. The van der Waals surface area contributed by atoms with Gasteiger partial charge in [0.1, 0.15) is 5.78 Å². The van der Waals surface area contributed by atoms with Crippen molar-refractivity contribution in [3.8, 4) is 0 Å². The first-order chi connectivity index (χ1) is 5.54. The SMILES string of the molecule is CC(=O)C(C)=O.O=C1CC=CC1. The van der Waals surface area contributed by atoms with Crippen LogP contribution in [0.5, 0.6) is 0 Å². The molecule has 0 aromatic heterocycles. The smallest absolute Gasteiger partial charge is 0.195 e. The lowest BCUT2D eigenvalue weighted by atomic mass is 10.3. The molecule has 0 aliphatic heterocycles. The van der Waals surface area contributed by atoms with Gasteiger partial charge in [-0.1, -0.05) is 12.2 Å². The third-order valence-corrected chi connectivity index (χ3v) is 1.35. The maximum absolute atomic E-state index is 10.2. The standard InChI is InChI=1S/C5H6O.C4H6O2/c6-5-3-1-2-4-5;1-3(5)4(2)6/h1-2H,3-4H2;1-2H3. The summed E-state index contributed by atoms with van der Waals surface area (Å²) in [7, 11) is 0. The van der Waals surface area contributed by atoms with Gasteiger partial charge in [-0.15, -0.1) is 0 Å². The number of rotatable bonds is 1. The van der Waals surface area contributed by atoms with E-state index in [1.165, 1.54) is 13.8 Å². The van der Waals surface area contributed by atoms with Gasteiger partial charge in [0.15, 0.2) is 11.6 Å². The van der Waals surface area contributed by atoms with Gasteiger partial charge in [-0.05, 0) is 0 Å². The second-order valence-electron chi connectivity index (χ2n) is 2.53. The average Bonchev–Trinajstić information content (AvgIpc) is 2.40. The summed E-state index contributed by atoms with van der Waals surface area (Å²) in [5.74, 6) is -0.417. The summed E-state index contributed by atoms with van der Waals surface area (Å²) in [6.07, 6.45) is 5.14. The highest BCUT2D eigenvalue weighted by Crippen LogP contribution is 2.00. The summed E-state index contributed by atoms with van der Waals surface area (Å²) < 4.78 is 0. The third-order valence-electron chi connectivity index (χ3n) is 1.35. The molecule has 12 heavy (non-hydrogen) atoms. The predicted molar refractivity (Wildman–Crippen MR) is 44.7 cm³/mol. The van der Waals surface area contributed by atoms with Crippen LogP contribution in [0.3, 0.4) is 0 Å². The largest absolute Gasteiger partial charge is 0.299 e. The lowest BCUT2D eigenvalue weighted by Gasteiger charge is -1.73.